The van der Waals surface area contributed by atoms with Crippen molar-refractivity contribution in [3.8, 4) is 5.75 Å². The van der Waals surface area contributed by atoms with E-state index < -0.39 is 18.3 Å². The van der Waals surface area contributed by atoms with Crippen molar-refractivity contribution in [2.45, 2.75) is 19.4 Å². The summed E-state index contributed by atoms with van der Waals surface area (Å²) in [4.78, 5) is 3.97. The molecule has 0 saturated heterocycles. The van der Waals surface area contributed by atoms with Gasteiger partial charge in [0.2, 0.25) is 0 Å². The summed E-state index contributed by atoms with van der Waals surface area (Å²) in [6.45, 7) is -0.520. The van der Waals surface area contributed by atoms with Crippen LogP contribution in [-0.4, -0.2) is 14.7 Å². The van der Waals surface area contributed by atoms with Gasteiger partial charge in [0.15, 0.2) is 0 Å². The van der Waals surface area contributed by atoms with Crippen molar-refractivity contribution in [1.82, 2.24) is 9.55 Å². The number of nitrogens with zero attached hydrogens (tertiary/aromatic N) is 2. The first-order valence-corrected chi connectivity index (χ1v) is 5.82. The van der Waals surface area contributed by atoms with Crippen LogP contribution in [0, 0.1) is 0 Å². The Bertz CT molecular complexity index is 594. The number of benzene rings is 1. The van der Waals surface area contributed by atoms with E-state index in [4.69, 9.17) is 9.84 Å². The Balaban J connectivity index is 2.25. The number of aliphatic hydroxyl groups is 1. The third kappa shape index (κ3) is 3.11. The van der Waals surface area contributed by atoms with Gasteiger partial charge in [-0.25, -0.2) is 4.98 Å². The standard InChI is InChI=1S/C13H13F3N2O2/c1-18-5-4-17-12(18)8-20-11-3-2-9(7-19)6-10(11)13(14,15)16/h2-6,19H,7-8H2,1H3. The summed E-state index contributed by atoms with van der Waals surface area (Å²) >= 11 is 0. The second-order valence-electron chi connectivity index (χ2n) is 4.23. The minimum Gasteiger partial charge on any atom is -0.485 e. The third-order valence-electron chi connectivity index (χ3n) is 2.81. The van der Waals surface area contributed by atoms with Crippen molar-refractivity contribution in [3.63, 3.8) is 0 Å². The van der Waals surface area contributed by atoms with Crippen molar-refractivity contribution in [3.05, 3.63) is 47.5 Å². The Kier molecular flexibility index (Phi) is 3.99. The Hall–Kier alpha value is -2.02. The first-order chi connectivity index (χ1) is 9.41. The van der Waals surface area contributed by atoms with Crippen molar-refractivity contribution in [2.75, 3.05) is 0 Å². The molecular formula is C13H13F3N2O2. The molecule has 4 nitrogen and oxygen atoms in total. The molecule has 2 rings (SSSR count). The van der Waals surface area contributed by atoms with Gasteiger partial charge in [0, 0.05) is 19.4 Å². The molecular weight excluding hydrogens is 273 g/mol. The summed E-state index contributed by atoms with van der Waals surface area (Å²) in [5.41, 5.74) is -0.722. The number of aliphatic hydroxyl groups excluding tert-OH is 1. The number of aromatic nitrogens is 2. The zero-order valence-corrected chi connectivity index (χ0v) is 10.7. The zero-order valence-electron chi connectivity index (χ0n) is 10.7. The van der Waals surface area contributed by atoms with Crippen LogP contribution >= 0.6 is 0 Å². The number of imidazole rings is 1. The lowest BCUT2D eigenvalue weighted by Gasteiger charge is -2.15. The van der Waals surface area contributed by atoms with Gasteiger partial charge in [-0.3, -0.25) is 0 Å². The van der Waals surface area contributed by atoms with Crippen LogP contribution in [0.15, 0.2) is 30.6 Å². The highest BCUT2D eigenvalue weighted by molar-refractivity contribution is 5.39. The number of hydrogen-bond acceptors (Lipinski definition) is 3. The van der Waals surface area contributed by atoms with Gasteiger partial charge >= 0.3 is 6.18 Å². The topological polar surface area (TPSA) is 47.3 Å². The first-order valence-electron chi connectivity index (χ1n) is 5.82. The molecule has 1 N–H and O–H groups in total. The van der Waals surface area contributed by atoms with Gasteiger partial charge < -0.3 is 14.4 Å². The molecule has 0 spiro atoms. The van der Waals surface area contributed by atoms with Crippen LogP contribution in [0.3, 0.4) is 0 Å². The lowest BCUT2D eigenvalue weighted by molar-refractivity contribution is -0.139. The Labute approximate surface area is 113 Å². The molecule has 108 valence electrons. The van der Waals surface area contributed by atoms with Crippen molar-refractivity contribution in [1.29, 1.82) is 0 Å². The zero-order chi connectivity index (χ0) is 14.8. The maximum atomic E-state index is 12.9. The van der Waals surface area contributed by atoms with E-state index in [1.54, 1.807) is 17.8 Å². The van der Waals surface area contributed by atoms with E-state index in [0.29, 0.717) is 5.82 Å². The van der Waals surface area contributed by atoms with Gasteiger partial charge in [-0.2, -0.15) is 13.2 Å². The smallest absolute Gasteiger partial charge is 0.419 e. The van der Waals surface area contributed by atoms with Crippen LogP contribution in [0.4, 0.5) is 13.2 Å². The fourth-order valence-corrected chi connectivity index (χ4v) is 1.70. The first kappa shape index (κ1) is 14.4. The maximum absolute atomic E-state index is 12.9. The second kappa shape index (κ2) is 5.54. The van der Waals surface area contributed by atoms with E-state index in [1.165, 1.54) is 18.3 Å². The number of ether oxygens (including phenoxy) is 1. The van der Waals surface area contributed by atoms with Crippen LogP contribution in [-0.2, 0) is 26.4 Å². The number of aryl methyl sites for hydroxylation is 1. The average molecular weight is 286 g/mol. The highest BCUT2D eigenvalue weighted by Gasteiger charge is 2.34. The molecule has 0 saturated carbocycles. The van der Waals surface area contributed by atoms with Crippen LogP contribution in [0.1, 0.15) is 17.0 Å². The fraction of sp³-hybridized carbons (Fsp3) is 0.308. The van der Waals surface area contributed by atoms with E-state index in [1.807, 2.05) is 0 Å². The Morgan fingerprint density at radius 2 is 2.10 bits per heavy atom. The summed E-state index contributed by atoms with van der Waals surface area (Å²) in [6.07, 6.45) is -1.32. The molecule has 0 bridgehead atoms. The minimum atomic E-state index is -4.54. The number of halogens is 3. The largest absolute Gasteiger partial charge is 0.485 e. The summed E-state index contributed by atoms with van der Waals surface area (Å²) in [5, 5.41) is 8.91. The quantitative estimate of drug-likeness (QED) is 0.939. The molecule has 0 radical (unpaired) electrons. The molecule has 20 heavy (non-hydrogen) atoms. The van der Waals surface area contributed by atoms with E-state index in [2.05, 4.69) is 4.98 Å². The minimum absolute atomic E-state index is 0.0644. The van der Waals surface area contributed by atoms with E-state index in [9.17, 15) is 13.2 Å². The Morgan fingerprint density at radius 1 is 1.35 bits per heavy atom. The average Bonchev–Trinajstić information content (AvgIpc) is 2.80. The third-order valence-corrected chi connectivity index (χ3v) is 2.81. The normalized spacial score (nSPS) is 11.7. The van der Waals surface area contributed by atoms with Crippen molar-refractivity contribution in [2.24, 2.45) is 7.05 Å². The lowest BCUT2D eigenvalue weighted by Crippen LogP contribution is -2.11. The van der Waals surface area contributed by atoms with E-state index >= 15 is 0 Å². The molecule has 0 aliphatic heterocycles. The van der Waals surface area contributed by atoms with Gasteiger partial charge in [0.05, 0.1) is 12.2 Å². The summed E-state index contributed by atoms with van der Waals surface area (Å²) in [7, 11) is 1.73. The van der Waals surface area contributed by atoms with Crippen LogP contribution in [0.5, 0.6) is 5.75 Å². The highest BCUT2D eigenvalue weighted by atomic mass is 19.4. The molecule has 2 aromatic rings. The fourth-order valence-electron chi connectivity index (χ4n) is 1.70. The predicted molar refractivity (Wildman–Crippen MR) is 64.9 cm³/mol. The molecule has 0 aliphatic rings. The number of rotatable bonds is 4. The SMILES string of the molecule is Cn1ccnc1COc1ccc(CO)cc1C(F)(F)F. The maximum Gasteiger partial charge on any atom is 0.419 e. The second-order valence-corrected chi connectivity index (χ2v) is 4.23. The van der Waals surface area contributed by atoms with Crippen LogP contribution in [0.25, 0.3) is 0 Å². The van der Waals surface area contributed by atoms with Gasteiger partial charge in [0.25, 0.3) is 0 Å². The monoisotopic (exact) mass is 286 g/mol. The molecule has 1 heterocycles. The van der Waals surface area contributed by atoms with E-state index in [0.717, 1.165) is 6.07 Å². The molecule has 0 amide bonds. The van der Waals surface area contributed by atoms with Gasteiger partial charge in [-0.1, -0.05) is 6.07 Å². The molecule has 7 heteroatoms. The van der Waals surface area contributed by atoms with E-state index in [-0.39, 0.29) is 17.9 Å². The molecule has 0 unspecified atom stereocenters. The number of hydrogen-bond donors (Lipinski definition) is 1. The summed E-state index contributed by atoms with van der Waals surface area (Å²) < 4.78 is 45.6. The molecule has 0 fully saturated rings. The molecule has 0 atom stereocenters. The van der Waals surface area contributed by atoms with Crippen LogP contribution in [0.2, 0.25) is 0 Å². The Morgan fingerprint density at radius 3 is 2.65 bits per heavy atom. The van der Waals surface area contributed by atoms with Crippen LogP contribution < -0.4 is 4.74 Å². The predicted octanol–water partition coefficient (Wildman–Crippen LogP) is 2.51. The van der Waals surface area contributed by atoms with Crippen molar-refractivity contribution >= 4 is 0 Å². The highest BCUT2D eigenvalue weighted by Crippen LogP contribution is 2.37. The van der Waals surface area contributed by atoms with Gasteiger partial charge in [-0.05, 0) is 17.7 Å². The molecule has 1 aromatic heterocycles. The lowest BCUT2D eigenvalue weighted by atomic mass is 10.1. The number of alkyl halides is 3. The summed E-state index contributed by atoms with van der Waals surface area (Å²) in [5.74, 6) is 0.238. The molecule has 0 aliphatic carbocycles. The summed E-state index contributed by atoms with van der Waals surface area (Å²) in [6, 6.07) is 3.48. The van der Waals surface area contributed by atoms with Crippen molar-refractivity contribution < 1.29 is 23.0 Å². The molecule has 1 aromatic carbocycles. The van der Waals surface area contributed by atoms with Gasteiger partial charge in [-0.15, -0.1) is 0 Å². The van der Waals surface area contributed by atoms with Gasteiger partial charge in [0.1, 0.15) is 18.2 Å².